The third-order valence-electron chi connectivity index (χ3n) is 4.52. The molecule has 1 aromatic heterocycles. The van der Waals surface area contributed by atoms with Crippen LogP contribution in [0.1, 0.15) is 32.3 Å². The zero-order valence-electron chi connectivity index (χ0n) is 12.6. The molecule has 0 amide bonds. The van der Waals surface area contributed by atoms with Gasteiger partial charge in [0.05, 0.1) is 7.11 Å². The molecule has 0 bridgehead atoms. The van der Waals surface area contributed by atoms with Crippen molar-refractivity contribution in [2.45, 2.75) is 45.2 Å². The first-order valence-corrected chi connectivity index (χ1v) is 7.59. The number of aromatic nitrogens is 1. The van der Waals surface area contributed by atoms with Crippen LogP contribution in [0, 0.1) is 0 Å². The fourth-order valence-electron chi connectivity index (χ4n) is 3.46. The van der Waals surface area contributed by atoms with Gasteiger partial charge in [-0.25, -0.2) is 0 Å². The van der Waals surface area contributed by atoms with Crippen LogP contribution in [0.3, 0.4) is 0 Å². The van der Waals surface area contributed by atoms with E-state index in [-0.39, 0.29) is 0 Å². The van der Waals surface area contributed by atoms with Crippen molar-refractivity contribution in [1.29, 1.82) is 0 Å². The first kappa shape index (κ1) is 13.5. The third-order valence-corrected chi connectivity index (χ3v) is 4.52. The summed E-state index contributed by atoms with van der Waals surface area (Å²) in [6.45, 7) is 5.85. The van der Waals surface area contributed by atoms with Crippen molar-refractivity contribution < 1.29 is 4.74 Å². The molecule has 108 valence electrons. The lowest BCUT2D eigenvalue weighted by molar-refractivity contribution is 0.203. The molecule has 1 aliphatic rings. The molecule has 0 spiro atoms. The van der Waals surface area contributed by atoms with Gasteiger partial charge >= 0.3 is 0 Å². The molecule has 2 heterocycles. The number of methoxy groups -OCH3 is 1. The van der Waals surface area contributed by atoms with Gasteiger partial charge in [0.1, 0.15) is 5.75 Å². The topological polar surface area (TPSA) is 28.3 Å². The Kier molecular flexibility index (Phi) is 3.70. The first-order valence-electron chi connectivity index (χ1n) is 7.59. The van der Waals surface area contributed by atoms with Crippen molar-refractivity contribution in [2.75, 3.05) is 13.7 Å². The summed E-state index contributed by atoms with van der Waals surface area (Å²) in [6.07, 6.45) is 5.94. The SMILES string of the molecule is COc1ccc2[nH]cc(C[C@H]3CCCN3C(C)C)c2c1. The van der Waals surface area contributed by atoms with E-state index < -0.39 is 0 Å². The van der Waals surface area contributed by atoms with Gasteiger partial charge in [0.15, 0.2) is 0 Å². The maximum atomic E-state index is 5.35. The summed E-state index contributed by atoms with van der Waals surface area (Å²) in [7, 11) is 1.73. The monoisotopic (exact) mass is 272 g/mol. The number of benzene rings is 1. The molecule has 1 saturated heterocycles. The predicted molar refractivity (Wildman–Crippen MR) is 83.4 cm³/mol. The van der Waals surface area contributed by atoms with Crippen LogP contribution < -0.4 is 4.74 Å². The Bertz CT molecular complexity index is 588. The van der Waals surface area contributed by atoms with Gasteiger partial charge in [-0.2, -0.15) is 0 Å². The number of H-pyrrole nitrogens is 1. The average molecular weight is 272 g/mol. The van der Waals surface area contributed by atoms with Gasteiger partial charge in [0, 0.05) is 29.2 Å². The smallest absolute Gasteiger partial charge is 0.119 e. The minimum atomic E-state index is 0.641. The largest absolute Gasteiger partial charge is 0.497 e. The van der Waals surface area contributed by atoms with Crippen LogP contribution in [0.15, 0.2) is 24.4 Å². The molecule has 0 radical (unpaired) electrons. The zero-order chi connectivity index (χ0) is 14.1. The highest BCUT2D eigenvalue weighted by Crippen LogP contribution is 2.28. The van der Waals surface area contributed by atoms with Crippen molar-refractivity contribution >= 4 is 10.9 Å². The second-order valence-corrected chi connectivity index (χ2v) is 6.06. The summed E-state index contributed by atoms with van der Waals surface area (Å²) in [5.74, 6) is 0.936. The average Bonchev–Trinajstić information content (AvgIpc) is 3.06. The summed E-state index contributed by atoms with van der Waals surface area (Å²) in [5, 5.41) is 1.31. The fraction of sp³-hybridized carbons (Fsp3) is 0.529. The second kappa shape index (κ2) is 5.49. The molecule has 3 nitrogen and oxygen atoms in total. The van der Waals surface area contributed by atoms with Crippen molar-refractivity contribution in [2.24, 2.45) is 0 Å². The molecule has 20 heavy (non-hydrogen) atoms. The van der Waals surface area contributed by atoms with E-state index in [9.17, 15) is 0 Å². The molecule has 2 aromatic rings. The highest BCUT2D eigenvalue weighted by atomic mass is 16.5. The molecule has 0 saturated carbocycles. The van der Waals surface area contributed by atoms with Crippen LogP contribution in [-0.4, -0.2) is 35.6 Å². The summed E-state index contributed by atoms with van der Waals surface area (Å²) in [6, 6.07) is 7.59. The Morgan fingerprint density at radius 2 is 2.25 bits per heavy atom. The van der Waals surface area contributed by atoms with E-state index in [0.29, 0.717) is 12.1 Å². The number of likely N-dealkylation sites (tertiary alicyclic amines) is 1. The summed E-state index contributed by atoms with van der Waals surface area (Å²) in [5.41, 5.74) is 2.62. The maximum Gasteiger partial charge on any atom is 0.119 e. The number of nitrogens with zero attached hydrogens (tertiary/aromatic N) is 1. The van der Waals surface area contributed by atoms with Crippen LogP contribution in [0.5, 0.6) is 5.75 Å². The Hall–Kier alpha value is -1.48. The van der Waals surface area contributed by atoms with Gasteiger partial charge in [0.2, 0.25) is 0 Å². The van der Waals surface area contributed by atoms with Crippen LogP contribution in [0.2, 0.25) is 0 Å². The molecule has 1 atom stereocenters. The molecule has 1 aliphatic heterocycles. The molecule has 1 aromatic carbocycles. The third kappa shape index (κ3) is 2.42. The first-order chi connectivity index (χ1) is 9.69. The van der Waals surface area contributed by atoms with E-state index in [0.717, 1.165) is 12.2 Å². The fourth-order valence-corrected chi connectivity index (χ4v) is 3.46. The molecule has 1 fully saturated rings. The number of rotatable bonds is 4. The summed E-state index contributed by atoms with van der Waals surface area (Å²) < 4.78 is 5.35. The standard InChI is InChI=1S/C17H24N2O/c1-12(2)19-8-4-5-14(19)9-13-11-18-17-7-6-15(20-3)10-16(13)17/h6-7,10-12,14,18H,4-5,8-9H2,1-3H3/t14-/m1/s1. The van der Waals surface area contributed by atoms with Gasteiger partial charge in [-0.1, -0.05) is 0 Å². The number of aromatic amines is 1. The normalized spacial score (nSPS) is 20.1. The van der Waals surface area contributed by atoms with E-state index >= 15 is 0 Å². The highest BCUT2D eigenvalue weighted by Gasteiger charge is 2.27. The van der Waals surface area contributed by atoms with Crippen LogP contribution in [0.4, 0.5) is 0 Å². The lowest BCUT2D eigenvalue weighted by atomic mass is 10.0. The Labute approximate surface area is 120 Å². The van der Waals surface area contributed by atoms with Gasteiger partial charge in [-0.3, -0.25) is 4.90 Å². The molecule has 3 rings (SSSR count). The second-order valence-electron chi connectivity index (χ2n) is 6.06. The van der Waals surface area contributed by atoms with Gasteiger partial charge in [-0.15, -0.1) is 0 Å². The van der Waals surface area contributed by atoms with Crippen LogP contribution >= 0.6 is 0 Å². The number of fused-ring (bicyclic) bond motifs is 1. The lowest BCUT2D eigenvalue weighted by Gasteiger charge is -2.28. The van der Waals surface area contributed by atoms with Crippen LogP contribution in [0.25, 0.3) is 10.9 Å². The number of hydrogen-bond donors (Lipinski definition) is 1. The van der Waals surface area contributed by atoms with Crippen molar-refractivity contribution in [1.82, 2.24) is 9.88 Å². The number of hydrogen-bond acceptors (Lipinski definition) is 2. The number of nitrogens with one attached hydrogen (secondary N) is 1. The van der Waals surface area contributed by atoms with Gasteiger partial charge in [0.25, 0.3) is 0 Å². The minimum Gasteiger partial charge on any atom is -0.497 e. The molecular weight excluding hydrogens is 248 g/mol. The lowest BCUT2D eigenvalue weighted by Crippen LogP contribution is -2.36. The summed E-state index contributed by atoms with van der Waals surface area (Å²) in [4.78, 5) is 6.02. The molecule has 0 aliphatic carbocycles. The van der Waals surface area contributed by atoms with Crippen molar-refractivity contribution in [3.05, 3.63) is 30.0 Å². The van der Waals surface area contributed by atoms with Crippen molar-refractivity contribution in [3.63, 3.8) is 0 Å². The molecule has 1 N–H and O–H groups in total. The highest BCUT2D eigenvalue weighted by molar-refractivity contribution is 5.84. The quantitative estimate of drug-likeness (QED) is 0.921. The van der Waals surface area contributed by atoms with Crippen LogP contribution in [-0.2, 0) is 6.42 Å². The van der Waals surface area contributed by atoms with Gasteiger partial charge < -0.3 is 9.72 Å². The van der Waals surface area contributed by atoms with Gasteiger partial charge in [-0.05, 0) is 63.4 Å². The van der Waals surface area contributed by atoms with E-state index in [1.807, 2.05) is 6.07 Å². The Balaban J connectivity index is 1.87. The number of ether oxygens (including phenoxy) is 1. The van der Waals surface area contributed by atoms with E-state index in [1.54, 1.807) is 7.11 Å². The molecule has 3 heteroatoms. The Morgan fingerprint density at radius 3 is 3.00 bits per heavy atom. The predicted octanol–water partition coefficient (Wildman–Crippen LogP) is 3.59. The van der Waals surface area contributed by atoms with Crippen molar-refractivity contribution in [3.8, 4) is 5.75 Å². The minimum absolute atomic E-state index is 0.641. The summed E-state index contributed by atoms with van der Waals surface area (Å²) >= 11 is 0. The van der Waals surface area contributed by atoms with E-state index in [1.165, 1.54) is 35.9 Å². The van der Waals surface area contributed by atoms with E-state index in [4.69, 9.17) is 4.74 Å². The molecular formula is C17H24N2O. The Morgan fingerprint density at radius 1 is 1.40 bits per heavy atom. The zero-order valence-corrected chi connectivity index (χ0v) is 12.6. The maximum absolute atomic E-state index is 5.35. The molecule has 0 unspecified atom stereocenters. The van der Waals surface area contributed by atoms with E-state index in [2.05, 4.69) is 42.1 Å².